The van der Waals surface area contributed by atoms with Crippen molar-refractivity contribution in [3.63, 3.8) is 0 Å². The molecule has 2 saturated heterocycles. The molecule has 4 aromatic carbocycles. The maximum Gasteiger partial charge on any atom is 0.268 e. The van der Waals surface area contributed by atoms with E-state index in [9.17, 15) is 28.2 Å². The average molecular weight is 996 g/mol. The summed E-state index contributed by atoms with van der Waals surface area (Å²) in [4.78, 5) is 31.2. The molecule has 3 aliphatic rings. The molecular weight excluding hydrogens is 928 g/mol. The van der Waals surface area contributed by atoms with Crippen LogP contribution in [0.5, 0.6) is 11.5 Å². The van der Waals surface area contributed by atoms with Crippen LogP contribution < -0.4 is 25.4 Å². The quantitative estimate of drug-likeness (QED) is 0.0346. The van der Waals surface area contributed by atoms with Crippen LogP contribution in [0.2, 0.25) is 5.02 Å². The van der Waals surface area contributed by atoms with Gasteiger partial charge in [-0.1, -0.05) is 43.2 Å². The molecule has 0 radical (unpaired) electrons. The van der Waals surface area contributed by atoms with Crippen LogP contribution in [0, 0.1) is 5.41 Å². The van der Waals surface area contributed by atoms with Gasteiger partial charge in [0.25, 0.3) is 15.9 Å². The lowest BCUT2D eigenvalue weighted by Crippen LogP contribution is -2.46. The van der Waals surface area contributed by atoms with Crippen LogP contribution in [0.3, 0.4) is 0 Å². The molecule has 1 aromatic heterocycles. The lowest BCUT2D eigenvalue weighted by atomic mass is 9.72. The number of sulfonamides is 1. The number of aldehydes is 1. The second kappa shape index (κ2) is 23.3. The zero-order valence-corrected chi connectivity index (χ0v) is 41.7. The highest BCUT2D eigenvalue weighted by Crippen LogP contribution is 2.43. The number of amides is 1. The summed E-state index contributed by atoms with van der Waals surface area (Å²) in [6, 6.07) is 25.1. The van der Waals surface area contributed by atoms with Crippen molar-refractivity contribution in [3.05, 3.63) is 118 Å². The Bertz CT molecular complexity index is 2730. The van der Waals surface area contributed by atoms with Gasteiger partial charge in [0.05, 0.1) is 23.7 Å². The summed E-state index contributed by atoms with van der Waals surface area (Å²) in [5.41, 5.74) is 6.62. The number of aliphatic hydroxyl groups excluding tert-OH is 2. The number of nitrogens with zero attached hydrogens (tertiary/aromatic N) is 1. The number of hydrogen-bond acceptors (Lipinski definition) is 12. The van der Waals surface area contributed by atoms with Crippen molar-refractivity contribution in [1.29, 1.82) is 0 Å². The number of halogens is 1. The van der Waals surface area contributed by atoms with Gasteiger partial charge >= 0.3 is 0 Å². The Balaban J connectivity index is 0.995. The zero-order chi connectivity index (χ0) is 49.3. The third-order valence-electron chi connectivity index (χ3n) is 14.2. The third-order valence-corrected chi connectivity index (χ3v) is 15.8. The number of carbonyl (C=O) groups excluding carboxylic acids is 2. The first kappa shape index (κ1) is 51.1. The van der Waals surface area contributed by atoms with E-state index in [-0.39, 0.29) is 53.3 Å². The molecule has 16 heteroatoms. The lowest BCUT2D eigenvalue weighted by Gasteiger charge is -2.39. The molecule has 374 valence electrons. The fraction of sp³-hybridized carbons (Fsp3) is 0.444. The molecule has 2 unspecified atom stereocenters. The van der Waals surface area contributed by atoms with E-state index in [1.165, 1.54) is 29.3 Å². The van der Waals surface area contributed by atoms with Gasteiger partial charge in [0, 0.05) is 109 Å². The summed E-state index contributed by atoms with van der Waals surface area (Å²) in [7, 11) is -4.47. The van der Waals surface area contributed by atoms with E-state index in [1.54, 1.807) is 24.3 Å². The second-order valence-corrected chi connectivity index (χ2v) is 21.8. The summed E-state index contributed by atoms with van der Waals surface area (Å²) in [5, 5.41) is 33.2. The van der Waals surface area contributed by atoms with Gasteiger partial charge < -0.3 is 50.3 Å². The van der Waals surface area contributed by atoms with Crippen LogP contribution in [0.1, 0.15) is 99.0 Å². The van der Waals surface area contributed by atoms with E-state index >= 15 is 0 Å². The minimum atomic E-state index is -4.47. The highest BCUT2D eigenvalue weighted by molar-refractivity contribution is 7.90. The Labute approximate surface area is 416 Å². The number of ether oxygens (including phenoxy) is 2. The number of anilines is 2. The first-order chi connectivity index (χ1) is 33.8. The molecule has 2 fully saturated rings. The smallest absolute Gasteiger partial charge is 0.268 e. The summed E-state index contributed by atoms with van der Waals surface area (Å²) in [6.45, 7) is 8.51. The Morgan fingerprint density at radius 2 is 1.76 bits per heavy atom. The molecule has 3 heterocycles. The maximum atomic E-state index is 14.2. The first-order valence-electron chi connectivity index (χ1n) is 24.6. The number of aromatic nitrogens is 1. The molecule has 0 saturated carbocycles. The number of nitrogens with one attached hydrogen (secondary N) is 5. The van der Waals surface area contributed by atoms with Crippen molar-refractivity contribution >= 4 is 61.7 Å². The number of H-pyrrole nitrogens is 1. The molecule has 1 aliphatic carbocycles. The fourth-order valence-corrected chi connectivity index (χ4v) is 11.2. The number of piperidine rings is 1. The molecule has 8 rings (SSSR count). The summed E-state index contributed by atoms with van der Waals surface area (Å²) >= 11 is 6.23. The zero-order valence-electron chi connectivity index (χ0n) is 40.1. The molecular formula is C54H67ClN6O8S. The predicted molar refractivity (Wildman–Crippen MR) is 276 cm³/mol. The number of fused-ring (bicyclic) bond motifs is 1. The van der Waals surface area contributed by atoms with Gasteiger partial charge in [0.15, 0.2) is 0 Å². The Hall–Kier alpha value is -5.26. The number of allylic oxidation sites excluding steroid dienone is 1. The molecule has 14 nitrogen and oxygen atoms in total. The second-order valence-electron chi connectivity index (χ2n) is 19.7. The van der Waals surface area contributed by atoms with Gasteiger partial charge in [-0.05, 0) is 140 Å². The van der Waals surface area contributed by atoms with E-state index < -0.39 is 21.8 Å². The van der Waals surface area contributed by atoms with Crippen LogP contribution in [-0.2, 0) is 19.6 Å². The number of aliphatic hydroxyl groups is 2. The van der Waals surface area contributed by atoms with E-state index in [2.05, 4.69) is 56.5 Å². The topological polar surface area (TPSA) is 194 Å². The normalized spacial score (nSPS) is 18.1. The van der Waals surface area contributed by atoms with E-state index in [0.29, 0.717) is 53.3 Å². The SMILES string of the molecule is CC1(C)CCC(CNC(CO)CNc2ccc(C(=O)NS(=O)(=O)c3ccc(NC4CCN(C5CCOCC5)CC4)c(C(CO)CCC=O)c3)c(Oc3ccc4[nH]ccc4c3)c2)=C(c2ccc(Cl)cc2)C1. The van der Waals surface area contributed by atoms with Crippen LogP contribution >= 0.6 is 11.6 Å². The number of rotatable bonds is 21. The van der Waals surface area contributed by atoms with Crippen LogP contribution in [0.25, 0.3) is 16.5 Å². The predicted octanol–water partition coefficient (Wildman–Crippen LogP) is 8.87. The van der Waals surface area contributed by atoms with Gasteiger partial charge in [0.2, 0.25) is 0 Å². The number of carbonyl (C=O) groups is 2. The Morgan fingerprint density at radius 3 is 2.50 bits per heavy atom. The van der Waals surface area contributed by atoms with Gasteiger partial charge in [-0.3, -0.25) is 4.79 Å². The van der Waals surface area contributed by atoms with Crippen molar-refractivity contribution < 1.29 is 37.7 Å². The van der Waals surface area contributed by atoms with Crippen molar-refractivity contribution in [2.24, 2.45) is 5.41 Å². The molecule has 2 atom stereocenters. The van der Waals surface area contributed by atoms with Crippen molar-refractivity contribution in [1.82, 2.24) is 19.9 Å². The van der Waals surface area contributed by atoms with Crippen LogP contribution in [0.15, 0.2) is 102 Å². The average Bonchev–Trinajstić information content (AvgIpc) is 3.84. The third kappa shape index (κ3) is 13.0. The van der Waals surface area contributed by atoms with E-state index in [1.807, 2.05) is 36.5 Å². The highest BCUT2D eigenvalue weighted by atomic mass is 35.5. The summed E-state index contributed by atoms with van der Waals surface area (Å²) in [5.74, 6) is -0.883. The van der Waals surface area contributed by atoms with Gasteiger partial charge in [-0.25, -0.2) is 13.1 Å². The number of likely N-dealkylation sites (tertiary alicyclic amines) is 1. The van der Waals surface area contributed by atoms with Gasteiger partial charge in [-0.2, -0.15) is 0 Å². The standard InChI is InChI=1S/C54H67ClN6O8S/c1-54(2)21-15-38(49(31-54)36-5-7-40(55)8-6-36)32-57-43(35-64)33-58-42-9-12-47(52(29-42)69-45-10-13-50-37(28-45)16-22-56-50)53(65)60-70(66,67)46-11-14-51(48(30-46)39(34-63)4-3-25-62)59-41-17-23-61(24-18-41)44-19-26-68-27-20-44/h5-14,16,22,25,28-30,39,41,43-44,56-59,63-64H,3-4,15,17-21,23-24,26-27,31-35H2,1-2H3,(H,60,65). The number of hydrogen-bond donors (Lipinski definition) is 7. The van der Waals surface area contributed by atoms with Crippen LogP contribution in [-0.4, -0.2) is 111 Å². The molecule has 0 spiro atoms. The number of aromatic amines is 1. The highest BCUT2D eigenvalue weighted by Gasteiger charge is 2.30. The molecule has 2 aliphatic heterocycles. The van der Waals surface area contributed by atoms with E-state index in [0.717, 1.165) is 94.0 Å². The largest absolute Gasteiger partial charge is 0.456 e. The Morgan fingerprint density at radius 1 is 0.971 bits per heavy atom. The Kier molecular flexibility index (Phi) is 17.0. The molecule has 7 N–H and O–H groups in total. The van der Waals surface area contributed by atoms with Crippen molar-refractivity contribution in [2.75, 3.05) is 63.2 Å². The van der Waals surface area contributed by atoms with Crippen LogP contribution in [0.4, 0.5) is 11.4 Å². The van der Waals surface area contributed by atoms with Crippen molar-refractivity contribution in [3.8, 4) is 11.5 Å². The minimum Gasteiger partial charge on any atom is -0.456 e. The summed E-state index contributed by atoms with van der Waals surface area (Å²) < 4.78 is 42.6. The first-order valence-corrected chi connectivity index (χ1v) is 26.5. The molecule has 1 amide bonds. The molecule has 0 bridgehead atoms. The van der Waals surface area contributed by atoms with E-state index in [4.69, 9.17) is 21.1 Å². The summed E-state index contributed by atoms with van der Waals surface area (Å²) in [6.07, 6.45) is 9.88. The number of benzene rings is 4. The fourth-order valence-electron chi connectivity index (χ4n) is 10.0. The van der Waals surface area contributed by atoms with Crippen molar-refractivity contribution in [2.45, 2.75) is 101 Å². The molecule has 70 heavy (non-hydrogen) atoms. The minimum absolute atomic E-state index is 0.0214. The molecule has 5 aromatic rings. The lowest BCUT2D eigenvalue weighted by molar-refractivity contribution is -0.108. The van der Waals surface area contributed by atoms with Gasteiger partial charge in [0.1, 0.15) is 17.8 Å². The van der Waals surface area contributed by atoms with Gasteiger partial charge in [-0.15, -0.1) is 0 Å². The maximum absolute atomic E-state index is 14.2. The monoisotopic (exact) mass is 994 g/mol.